The van der Waals surface area contributed by atoms with Crippen LogP contribution in [-0.2, 0) is 4.79 Å². The number of Topliss-reactive ketones (excluding diaryl/α,β-unsaturated/α-hetero) is 1. The van der Waals surface area contributed by atoms with E-state index >= 15 is 0 Å². The van der Waals surface area contributed by atoms with Crippen molar-refractivity contribution in [3.8, 4) is 0 Å². The molecule has 0 saturated heterocycles. The SMILES string of the molecule is CC(C)(O)C(=O)C1=CC=C(O)CC1. The first kappa shape index (κ1) is 9.99. The summed E-state index contributed by atoms with van der Waals surface area (Å²) < 4.78 is 0. The molecule has 1 rings (SSSR count). The van der Waals surface area contributed by atoms with Crippen molar-refractivity contribution in [1.29, 1.82) is 0 Å². The summed E-state index contributed by atoms with van der Waals surface area (Å²) in [6.07, 6.45) is 4.06. The fourth-order valence-electron chi connectivity index (χ4n) is 1.21. The summed E-state index contributed by atoms with van der Waals surface area (Å²) in [5.41, 5.74) is -0.739. The first-order valence-electron chi connectivity index (χ1n) is 4.27. The molecule has 72 valence electrons. The zero-order valence-corrected chi connectivity index (χ0v) is 7.87. The number of aliphatic hydroxyl groups is 2. The monoisotopic (exact) mass is 182 g/mol. The third-order valence-corrected chi connectivity index (χ3v) is 1.97. The van der Waals surface area contributed by atoms with Gasteiger partial charge in [-0.3, -0.25) is 4.79 Å². The second-order valence-corrected chi connectivity index (χ2v) is 3.74. The maximum atomic E-state index is 11.5. The molecule has 0 aromatic rings. The van der Waals surface area contributed by atoms with Gasteiger partial charge in [0.15, 0.2) is 5.78 Å². The van der Waals surface area contributed by atoms with Crippen LogP contribution in [0.3, 0.4) is 0 Å². The Labute approximate surface area is 77.4 Å². The molecule has 2 N–H and O–H groups in total. The highest BCUT2D eigenvalue weighted by Gasteiger charge is 2.27. The Kier molecular flexibility index (Phi) is 2.57. The Hall–Kier alpha value is -1.09. The molecule has 0 aromatic heterocycles. The van der Waals surface area contributed by atoms with Crippen LogP contribution >= 0.6 is 0 Å². The van der Waals surface area contributed by atoms with Gasteiger partial charge >= 0.3 is 0 Å². The Balaban J connectivity index is 2.81. The standard InChI is InChI=1S/C10H14O3/c1-10(2,13)9(12)7-3-5-8(11)6-4-7/h3,5,11,13H,4,6H2,1-2H3. The van der Waals surface area contributed by atoms with Crippen LogP contribution in [0.2, 0.25) is 0 Å². The topological polar surface area (TPSA) is 57.5 Å². The molecule has 0 saturated carbocycles. The molecule has 0 amide bonds. The van der Waals surface area contributed by atoms with Crippen LogP contribution in [0.15, 0.2) is 23.5 Å². The molecule has 0 bridgehead atoms. The van der Waals surface area contributed by atoms with Crippen LogP contribution in [-0.4, -0.2) is 21.6 Å². The molecule has 1 aliphatic rings. The third kappa shape index (κ3) is 2.42. The van der Waals surface area contributed by atoms with E-state index in [9.17, 15) is 9.90 Å². The van der Waals surface area contributed by atoms with Crippen molar-refractivity contribution in [3.63, 3.8) is 0 Å². The smallest absolute Gasteiger partial charge is 0.189 e. The van der Waals surface area contributed by atoms with Crippen molar-refractivity contribution < 1.29 is 15.0 Å². The van der Waals surface area contributed by atoms with Crippen LogP contribution in [0, 0.1) is 0 Å². The molecule has 0 radical (unpaired) electrons. The van der Waals surface area contributed by atoms with Crippen molar-refractivity contribution in [3.05, 3.63) is 23.5 Å². The molecule has 0 fully saturated rings. The number of hydrogen-bond donors (Lipinski definition) is 2. The molecule has 0 aromatic carbocycles. The van der Waals surface area contributed by atoms with Gasteiger partial charge in [-0.05, 0) is 31.9 Å². The van der Waals surface area contributed by atoms with Crippen molar-refractivity contribution in [2.75, 3.05) is 0 Å². The van der Waals surface area contributed by atoms with E-state index in [1.54, 1.807) is 6.08 Å². The summed E-state index contributed by atoms with van der Waals surface area (Å²) >= 11 is 0. The minimum absolute atomic E-state index is 0.267. The van der Waals surface area contributed by atoms with Gasteiger partial charge in [-0.25, -0.2) is 0 Å². The zero-order valence-electron chi connectivity index (χ0n) is 7.87. The van der Waals surface area contributed by atoms with Gasteiger partial charge in [-0.2, -0.15) is 0 Å². The number of ketones is 1. The summed E-state index contributed by atoms with van der Waals surface area (Å²) in [5.74, 6) is 0.0172. The van der Waals surface area contributed by atoms with Crippen LogP contribution in [0.25, 0.3) is 0 Å². The lowest BCUT2D eigenvalue weighted by Gasteiger charge is -2.19. The summed E-state index contributed by atoms with van der Waals surface area (Å²) in [6.45, 7) is 2.93. The van der Waals surface area contributed by atoms with Crippen LogP contribution < -0.4 is 0 Å². The number of carbonyl (C=O) groups excluding carboxylic acids is 1. The quantitative estimate of drug-likeness (QED) is 0.680. The molecule has 0 aliphatic heterocycles. The van der Waals surface area contributed by atoms with Gasteiger partial charge in [-0.1, -0.05) is 6.08 Å². The number of hydrogen-bond acceptors (Lipinski definition) is 3. The summed E-state index contributed by atoms with van der Waals surface area (Å²) in [4.78, 5) is 11.5. The van der Waals surface area contributed by atoms with Gasteiger partial charge in [0.05, 0.1) is 5.76 Å². The van der Waals surface area contributed by atoms with E-state index in [1.807, 2.05) is 0 Å². The number of rotatable bonds is 2. The lowest BCUT2D eigenvalue weighted by Crippen LogP contribution is -2.32. The molecule has 13 heavy (non-hydrogen) atoms. The van der Waals surface area contributed by atoms with Crippen LogP contribution in [0.4, 0.5) is 0 Å². The average molecular weight is 182 g/mol. The minimum atomic E-state index is -1.31. The van der Waals surface area contributed by atoms with E-state index in [-0.39, 0.29) is 11.5 Å². The zero-order chi connectivity index (χ0) is 10.1. The third-order valence-electron chi connectivity index (χ3n) is 1.97. The Bertz CT molecular complexity index is 279. The molecule has 3 nitrogen and oxygen atoms in total. The maximum Gasteiger partial charge on any atom is 0.189 e. The molecule has 3 heteroatoms. The molecule has 0 atom stereocenters. The van der Waals surface area contributed by atoms with E-state index in [0.717, 1.165) is 0 Å². The lowest BCUT2D eigenvalue weighted by molar-refractivity contribution is -0.130. The highest BCUT2D eigenvalue weighted by molar-refractivity contribution is 6.01. The van der Waals surface area contributed by atoms with Crippen molar-refractivity contribution in [2.45, 2.75) is 32.3 Å². The maximum absolute atomic E-state index is 11.5. The summed E-state index contributed by atoms with van der Waals surface area (Å²) in [6, 6.07) is 0. The van der Waals surface area contributed by atoms with Gasteiger partial charge in [0.25, 0.3) is 0 Å². The first-order valence-corrected chi connectivity index (χ1v) is 4.27. The summed E-state index contributed by atoms with van der Waals surface area (Å²) in [5, 5.41) is 18.5. The predicted octanol–water partition coefficient (Wildman–Crippen LogP) is 1.49. The minimum Gasteiger partial charge on any atom is -0.512 e. The van der Waals surface area contributed by atoms with E-state index in [1.165, 1.54) is 19.9 Å². The predicted molar refractivity (Wildman–Crippen MR) is 49.3 cm³/mol. The molecule has 0 unspecified atom stereocenters. The van der Waals surface area contributed by atoms with E-state index in [2.05, 4.69) is 0 Å². The fourth-order valence-corrected chi connectivity index (χ4v) is 1.21. The van der Waals surface area contributed by atoms with Crippen molar-refractivity contribution in [2.24, 2.45) is 0 Å². The van der Waals surface area contributed by atoms with Crippen LogP contribution in [0.1, 0.15) is 26.7 Å². The molecule has 1 aliphatic carbocycles. The number of allylic oxidation sites excluding steroid dienone is 3. The Morgan fingerprint density at radius 3 is 2.38 bits per heavy atom. The highest BCUT2D eigenvalue weighted by Crippen LogP contribution is 2.21. The van der Waals surface area contributed by atoms with Crippen molar-refractivity contribution >= 4 is 5.78 Å². The molecular weight excluding hydrogens is 168 g/mol. The average Bonchev–Trinajstić information content (AvgIpc) is 2.03. The van der Waals surface area contributed by atoms with Gasteiger partial charge in [0.2, 0.25) is 0 Å². The second-order valence-electron chi connectivity index (χ2n) is 3.74. The van der Waals surface area contributed by atoms with Crippen LogP contribution in [0.5, 0.6) is 0 Å². The molecule has 0 spiro atoms. The fraction of sp³-hybridized carbons (Fsp3) is 0.500. The highest BCUT2D eigenvalue weighted by atomic mass is 16.3. The Morgan fingerprint density at radius 2 is 2.00 bits per heavy atom. The number of carbonyl (C=O) groups is 1. The van der Waals surface area contributed by atoms with Gasteiger partial charge in [-0.15, -0.1) is 0 Å². The second kappa shape index (κ2) is 3.34. The van der Waals surface area contributed by atoms with Gasteiger partial charge < -0.3 is 10.2 Å². The number of aliphatic hydroxyl groups excluding tert-OH is 1. The van der Waals surface area contributed by atoms with E-state index < -0.39 is 5.60 Å². The van der Waals surface area contributed by atoms with E-state index in [0.29, 0.717) is 18.4 Å². The van der Waals surface area contributed by atoms with Crippen molar-refractivity contribution in [1.82, 2.24) is 0 Å². The normalized spacial score (nSPS) is 17.8. The van der Waals surface area contributed by atoms with Gasteiger partial charge in [0, 0.05) is 6.42 Å². The largest absolute Gasteiger partial charge is 0.512 e. The molecule has 0 heterocycles. The van der Waals surface area contributed by atoms with E-state index in [4.69, 9.17) is 5.11 Å². The lowest BCUT2D eigenvalue weighted by atomic mass is 9.91. The molecular formula is C10H14O3. The Morgan fingerprint density at radius 1 is 1.38 bits per heavy atom. The summed E-state index contributed by atoms with van der Waals surface area (Å²) in [7, 11) is 0. The van der Waals surface area contributed by atoms with Gasteiger partial charge in [0.1, 0.15) is 5.60 Å². The first-order chi connectivity index (χ1) is 5.91.